The van der Waals surface area contributed by atoms with Gasteiger partial charge in [-0.2, -0.15) is 8.78 Å². The molecule has 0 spiro atoms. The lowest BCUT2D eigenvalue weighted by atomic mass is 10.1. The molecule has 1 aromatic carbocycles. The number of nitrogens with one attached hydrogen (secondary N) is 1. The Kier molecular flexibility index (Phi) is 2.35. The molecule has 0 saturated carbocycles. The molecule has 0 aliphatic carbocycles. The van der Waals surface area contributed by atoms with E-state index < -0.39 is 17.4 Å². The lowest BCUT2D eigenvalue weighted by Crippen LogP contribution is -2.41. The number of rotatable bonds is 2. The summed E-state index contributed by atoms with van der Waals surface area (Å²) < 4.78 is 31.9. The zero-order valence-electron chi connectivity index (χ0n) is 8.04. The highest BCUT2D eigenvalue weighted by atomic mass is 19.3. The Labute approximate surface area is 89.0 Å². The largest absolute Gasteiger partial charge is 0.464 e. The van der Waals surface area contributed by atoms with Crippen molar-refractivity contribution in [3.63, 3.8) is 0 Å². The minimum atomic E-state index is -3.65. The zero-order chi connectivity index (χ0) is 11.8. The number of hydrogen-bond acceptors (Lipinski definition) is 3. The van der Waals surface area contributed by atoms with E-state index in [0.29, 0.717) is 11.0 Å². The number of alkyl halides is 2. The standard InChI is InChI=1S/C10H8F2N2O2/c11-10(12,9(15)14-13)7-1-2-8-6(5-7)3-4-16-8/h1-5H,13H2,(H,14,15). The number of nitrogens with two attached hydrogens (primary N) is 1. The molecule has 0 fully saturated rings. The smallest absolute Gasteiger partial charge is 0.351 e. The minimum Gasteiger partial charge on any atom is -0.464 e. The van der Waals surface area contributed by atoms with Crippen LogP contribution in [0.15, 0.2) is 34.9 Å². The van der Waals surface area contributed by atoms with E-state index in [9.17, 15) is 13.6 Å². The van der Waals surface area contributed by atoms with Crippen molar-refractivity contribution < 1.29 is 18.0 Å². The Morgan fingerprint density at radius 2 is 2.12 bits per heavy atom. The van der Waals surface area contributed by atoms with Crippen molar-refractivity contribution in [2.75, 3.05) is 0 Å². The molecule has 1 heterocycles. The van der Waals surface area contributed by atoms with Gasteiger partial charge in [0.1, 0.15) is 5.58 Å². The van der Waals surface area contributed by atoms with Gasteiger partial charge >= 0.3 is 11.8 Å². The molecule has 6 heteroatoms. The third-order valence-electron chi connectivity index (χ3n) is 2.23. The van der Waals surface area contributed by atoms with Gasteiger partial charge in [0.05, 0.1) is 6.26 Å². The molecule has 0 aliphatic heterocycles. The number of amides is 1. The third-order valence-corrected chi connectivity index (χ3v) is 2.23. The van der Waals surface area contributed by atoms with Crippen LogP contribution < -0.4 is 11.3 Å². The summed E-state index contributed by atoms with van der Waals surface area (Å²) in [6, 6.07) is 5.23. The summed E-state index contributed by atoms with van der Waals surface area (Å²) in [7, 11) is 0. The van der Waals surface area contributed by atoms with Gasteiger partial charge in [0.15, 0.2) is 0 Å². The summed E-state index contributed by atoms with van der Waals surface area (Å²) >= 11 is 0. The van der Waals surface area contributed by atoms with E-state index in [4.69, 9.17) is 10.3 Å². The van der Waals surface area contributed by atoms with Gasteiger partial charge in [-0.25, -0.2) is 5.84 Å². The van der Waals surface area contributed by atoms with Crippen molar-refractivity contribution in [1.82, 2.24) is 5.43 Å². The summed E-state index contributed by atoms with van der Waals surface area (Å²) in [5.41, 5.74) is 1.49. The van der Waals surface area contributed by atoms with Crippen molar-refractivity contribution in [1.29, 1.82) is 0 Å². The van der Waals surface area contributed by atoms with Gasteiger partial charge in [-0.1, -0.05) is 0 Å². The molecule has 1 aromatic heterocycles. The van der Waals surface area contributed by atoms with E-state index >= 15 is 0 Å². The third kappa shape index (κ3) is 1.53. The Morgan fingerprint density at radius 1 is 1.38 bits per heavy atom. The van der Waals surface area contributed by atoms with Crippen molar-refractivity contribution in [2.45, 2.75) is 5.92 Å². The maximum absolute atomic E-state index is 13.5. The molecule has 0 saturated heterocycles. The highest BCUT2D eigenvalue weighted by molar-refractivity contribution is 5.86. The molecule has 0 atom stereocenters. The van der Waals surface area contributed by atoms with Crippen LogP contribution in [-0.2, 0) is 10.7 Å². The summed E-state index contributed by atoms with van der Waals surface area (Å²) in [6.45, 7) is 0. The van der Waals surface area contributed by atoms with Gasteiger partial charge in [-0.3, -0.25) is 10.2 Å². The van der Waals surface area contributed by atoms with Gasteiger partial charge in [0.2, 0.25) is 0 Å². The molecule has 2 aromatic rings. The van der Waals surface area contributed by atoms with Crippen LogP contribution in [0.4, 0.5) is 8.78 Å². The lowest BCUT2D eigenvalue weighted by molar-refractivity contribution is -0.147. The number of carbonyl (C=O) groups excluding carboxylic acids is 1. The number of furan rings is 1. The number of halogens is 2. The first-order chi connectivity index (χ1) is 7.55. The van der Waals surface area contributed by atoms with Crippen molar-refractivity contribution in [3.05, 3.63) is 36.1 Å². The first kappa shape index (κ1) is 10.6. The summed E-state index contributed by atoms with van der Waals surface area (Å²) in [4.78, 5) is 10.9. The number of hydrazine groups is 1. The van der Waals surface area contributed by atoms with Crippen LogP contribution in [0.3, 0.4) is 0 Å². The maximum Gasteiger partial charge on any atom is 0.351 e. The fourth-order valence-corrected chi connectivity index (χ4v) is 1.38. The van der Waals surface area contributed by atoms with E-state index in [0.717, 1.165) is 6.07 Å². The van der Waals surface area contributed by atoms with Crippen molar-refractivity contribution in [2.24, 2.45) is 5.84 Å². The Morgan fingerprint density at radius 3 is 2.81 bits per heavy atom. The maximum atomic E-state index is 13.5. The van der Waals surface area contributed by atoms with E-state index in [1.54, 1.807) is 0 Å². The molecule has 16 heavy (non-hydrogen) atoms. The molecule has 84 valence electrons. The van der Waals surface area contributed by atoms with Gasteiger partial charge < -0.3 is 4.42 Å². The summed E-state index contributed by atoms with van der Waals surface area (Å²) in [5, 5.41) is 0.502. The van der Waals surface area contributed by atoms with E-state index in [2.05, 4.69) is 0 Å². The molecule has 1 amide bonds. The van der Waals surface area contributed by atoms with Crippen LogP contribution in [0.1, 0.15) is 5.56 Å². The van der Waals surface area contributed by atoms with Crippen molar-refractivity contribution >= 4 is 16.9 Å². The number of carbonyl (C=O) groups is 1. The van der Waals surface area contributed by atoms with Gasteiger partial charge in [-0.15, -0.1) is 0 Å². The molecule has 3 N–H and O–H groups in total. The Bertz CT molecular complexity index is 536. The highest BCUT2D eigenvalue weighted by Crippen LogP contribution is 2.30. The molecule has 0 radical (unpaired) electrons. The number of benzene rings is 1. The normalized spacial score (nSPS) is 11.7. The summed E-state index contributed by atoms with van der Waals surface area (Å²) in [6.07, 6.45) is 1.38. The Hall–Kier alpha value is -1.95. The second-order valence-electron chi connectivity index (χ2n) is 3.22. The van der Waals surface area contributed by atoms with Gasteiger partial charge in [-0.05, 0) is 24.3 Å². The molecule has 0 unspecified atom stereocenters. The molecular weight excluding hydrogens is 218 g/mol. The topological polar surface area (TPSA) is 68.3 Å². The number of fused-ring (bicyclic) bond motifs is 1. The predicted molar refractivity (Wildman–Crippen MR) is 52.4 cm³/mol. The average molecular weight is 226 g/mol. The van der Waals surface area contributed by atoms with Crippen molar-refractivity contribution in [3.8, 4) is 0 Å². The van der Waals surface area contributed by atoms with Crippen LogP contribution in [0.2, 0.25) is 0 Å². The molecule has 2 rings (SSSR count). The second-order valence-corrected chi connectivity index (χ2v) is 3.22. The Balaban J connectivity index is 2.50. The SMILES string of the molecule is NNC(=O)C(F)(F)c1ccc2occc2c1. The first-order valence-corrected chi connectivity index (χ1v) is 4.42. The van der Waals surface area contributed by atoms with Gasteiger partial charge in [0.25, 0.3) is 0 Å². The quantitative estimate of drug-likeness (QED) is 0.463. The average Bonchev–Trinajstić information content (AvgIpc) is 2.74. The van der Waals surface area contributed by atoms with E-state index in [1.807, 2.05) is 0 Å². The fraction of sp³-hybridized carbons (Fsp3) is 0.100. The van der Waals surface area contributed by atoms with Crippen LogP contribution in [-0.4, -0.2) is 5.91 Å². The minimum absolute atomic E-state index is 0.427. The first-order valence-electron chi connectivity index (χ1n) is 4.42. The van der Waals surface area contributed by atoms with Crippen LogP contribution in [0, 0.1) is 0 Å². The predicted octanol–water partition coefficient (Wildman–Crippen LogP) is 1.51. The second kappa shape index (κ2) is 3.57. The van der Waals surface area contributed by atoms with Crippen LogP contribution >= 0.6 is 0 Å². The van der Waals surface area contributed by atoms with Gasteiger partial charge in [0, 0.05) is 10.9 Å². The molecule has 4 nitrogen and oxygen atoms in total. The lowest BCUT2D eigenvalue weighted by Gasteiger charge is -2.14. The number of hydrogen-bond donors (Lipinski definition) is 2. The summed E-state index contributed by atoms with van der Waals surface area (Å²) in [5.74, 6) is -0.508. The van der Waals surface area contributed by atoms with E-state index in [-0.39, 0.29) is 0 Å². The monoisotopic (exact) mass is 226 g/mol. The van der Waals surface area contributed by atoms with Crippen LogP contribution in [0.5, 0.6) is 0 Å². The molecular formula is C10H8F2N2O2. The molecule has 0 bridgehead atoms. The molecule has 0 aliphatic rings. The highest BCUT2D eigenvalue weighted by Gasteiger charge is 2.40. The van der Waals surface area contributed by atoms with Crippen LogP contribution in [0.25, 0.3) is 11.0 Å². The zero-order valence-corrected chi connectivity index (χ0v) is 8.04. The van der Waals surface area contributed by atoms with E-state index in [1.165, 1.54) is 29.9 Å². The fourth-order valence-electron chi connectivity index (χ4n) is 1.38.